The van der Waals surface area contributed by atoms with Gasteiger partial charge in [-0.2, -0.15) is 5.10 Å². The summed E-state index contributed by atoms with van der Waals surface area (Å²) in [6.45, 7) is 0. The van der Waals surface area contributed by atoms with Gasteiger partial charge in [0, 0.05) is 16.2 Å². The monoisotopic (exact) mass is 433 g/mol. The first-order valence-corrected chi connectivity index (χ1v) is 9.76. The number of nitrogens with one attached hydrogen (secondary N) is 1. The summed E-state index contributed by atoms with van der Waals surface area (Å²) in [5, 5.41) is 12.9. The van der Waals surface area contributed by atoms with Gasteiger partial charge in [-0.15, -0.1) is 10.2 Å². The van der Waals surface area contributed by atoms with E-state index < -0.39 is 0 Å². The third kappa shape index (κ3) is 5.18. The summed E-state index contributed by atoms with van der Waals surface area (Å²) < 4.78 is 1.63. The zero-order valence-electron chi connectivity index (χ0n) is 12.8. The molecule has 0 fully saturated rings. The molecule has 2 heterocycles. The molecular weight excluding hydrogens is 422 g/mol. The number of hydrazone groups is 1. The maximum atomic E-state index is 11.9. The van der Waals surface area contributed by atoms with Gasteiger partial charge in [-0.3, -0.25) is 9.78 Å². The fourth-order valence-electron chi connectivity index (χ4n) is 1.77. The van der Waals surface area contributed by atoms with Gasteiger partial charge >= 0.3 is 0 Å². The molecule has 0 saturated carbocycles. The van der Waals surface area contributed by atoms with Crippen LogP contribution in [0.15, 0.2) is 62.6 Å². The molecule has 0 aliphatic rings. The Hall–Kier alpha value is -2.10. The molecule has 9 heteroatoms. The number of carbonyl (C=O) groups is 1. The van der Waals surface area contributed by atoms with Crippen LogP contribution in [-0.4, -0.2) is 33.1 Å². The normalized spacial score (nSPS) is 10.9. The summed E-state index contributed by atoms with van der Waals surface area (Å²) in [7, 11) is 0. The van der Waals surface area contributed by atoms with Gasteiger partial charge in [-0.1, -0.05) is 63.3 Å². The summed E-state index contributed by atoms with van der Waals surface area (Å²) >= 11 is 6.14. The SMILES string of the molecule is O=C(CSc1nnc(-c2ccccn2)s1)N/N=C/c1ccccc1Br. The quantitative estimate of drug-likeness (QED) is 0.364. The van der Waals surface area contributed by atoms with Crippen molar-refractivity contribution in [2.45, 2.75) is 4.34 Å². The minimum Gasteiger partial charge on any atom is -0.272 e. The fourth-order valence-corrected chi connectivity index (χ4v) is 3.78. The highest BCUT2D eigenvalue weighted by molar-refractivity contribution is 9.10. The Labute approximate surface area is 160 Å². The summed E-state index contributed by atoms with van der Waals surface area (Å²) in [6.07, 6.45) is 3.30. The van der Waals surface area contributed by atoms with Gasteiger partial charge in [-0.25, -0.2) is 5.43 Å². The van der Waals surface area contributed by atoms with Crippen LogP contribution in [0, 0.1) is 0 Å². The molecule has 0 aliphatic carbocycles. The summed E-state index contributed by atoms with van der Waals surface area (Å²) in [6, 6.07) is 13.2. The first kappa shape index (κ1) is 17.7. The molecule has 3 rings (SSSR count). The molecule has 0 unspecified atom stereocenters. The van der Waals surface area contributed by atoms with Crippen molar-refractivity contribution >= 4 is 51.2 Å². The molecule has 3 aromatic rings. The number of hydrogen-bond acceptors (Lipinski definition) is 7. The minimum absolute atomic E-state index is 0.206. The molecule has 1 N–H and O–H groups in total. The van der Waals surface area contributed by atoms with Crippen LogP contribution in [0.5, 0.6) is 0 Å². The highest BCUT2D eigenvalue weighted by atomic mass is 79.9. The lowest BCUT2D eigenvalue weighted by Gasteiger charge is -1.98. The topological polar surface area (TPSA) is 80.1 Å². The molecule has 0 saturated heterocycles. The average molecular weight is 434 g/mol. The maximum Gasteiger partial charge on any atom is 0.250 e. The molecule has 2 aromatic heterocycles. The van der Waals surface area contributed by atoms with Gasteiger partial charge in [0.25, 0.3) is 5.91 Å². The Morgan fingerprint density at radius 2 is 2.08 bits per heavy atom. The number of hydrogen-bond donors (Lipinski definition) is 1. The van der Waals surface area contributed by atoms with Crippen LogP contribution in [-0.2, 0) is 4.79 Å². The standard InChI is InChI=1S/C16H12BrN5OS2/c17-12-6-2-1-5-11(12)9-19-20-14(23)10-24-16-22-21-15(25-16)13-7-3-4-8-18-13/h1-9H,10H2,(H,20,23)/b19-9+. The van der Waals surface area contributed by atoms with E-state index >= 15 is 0 Å². The highest BCUT2D eigenvalue weighted by Gasteiger charge is 2.09. The second kappa shape index (κ2) is 8.84. The molecular formula is C16H12BrN5OS2. The maximum absolute atomic E-state index is 11.9. The Morgan fingerprint density at radius 1 is 1.24 bits per heavy atom. The van der Waals surface area contributed by atoms with Crippen LogP contribution >= 0.6 is 39.0 Å². The predicted octanol–water partition coefficient (Wildman–Crippen LogP) is 3.61. The molecule has 0 aliphatic heterocycles. The van der Waals surface area contributed by atoms with Gasteiger partial charge in [-0.05, 0) is 18.2 Å². The zero-order chi connectivity index (χ0) is 17.5. The van der Waals surface area contributed by atoms with Gasteiger partial charge in [0.05, 0.1) is 12.0 Å². The van der Waals surface area contributed by atoms with E-state index in [9.17, 15) is 4.79 Å². The molecule has 0 bridgehead atoms. The van der Waals surface area contributed by atoms with E-state index in [-0.39, 0.29) is 11.7 Å². The van der Waals surface area contributed by atoms with Crippen molar-refractivity contribution in [2.75, 3.05) is 5.75 Å². The zero-order valence-corrected chi connectivity index (χ0v) is 16.0. The number of halogens is 1. The van der Waals surface area contributed by atoms with Crippen molar-refractivity contribution in [1.82, 2.24) is 20.6 Å². The molecule has 1 amide bonds. The predicted molar refractivity (Wildman–Crippen MR) is 104 cm³/mol. The van der Waals surface area contributed by atoms with E-state index in [1.54, 1.807) is 12.4 Å². The lowest BCUT2D eigenvalue weighted by molar-refractivity contribution is -0.118. The van der Waals surface area contributed by atoms with E-state index in [1.807, 2.05) is 42.5 Å². The van der Waals surface area contributed by atoms with Crippen molar-refractivity contribution in [1.29, 1.82) is 0 Å². The van der Waals surface area contributed by atoms with Crippen molar-refractivity contribution in [3.63, 3.8) is 0 Å². The number of aromatic nitrogens is 3. The van der Waals surface area contributed by atoms with Crippen LogP contribution in [0.3, 0.4) is 0 Å². The van der Waals surface area contributed by atoms with Gasteiger partial charge in [0.1, 0.15) is 5.69 Å². The Morgan fingerprint density at radius 3 is 2.88 bits per heavy atom. The number of rotatable bonds is 6. The highest BCUT2D eigenvalue weighted by Crippen LogP contribution is 2.27. The van der Waals surface area contributed by atoms with Crippen LogP contribution in [0.1, 0.15) is 5.56 Å². The van der Waals surface area contributed by atoms with Crippen LogP contribution in [0.2, 0.25) is 0 Å². The molecule has 25 heavy (non-hydrogen) atoms. The molecule has 0 atom stereocenters. The first-order valence-electron chi connectivity index (χ1n) is 7.16. The van der Waals surface area contributed by atoms with Crippen molar-refractivity contribution in [3.8, 4) is 10.7 Å². The van der Waals surface area contributed by atoms with Crippen LogP contribution in [0.25, 0.3) is 10.7 Å². The number of benzene rings is 1. The van der Waals surface area contributed by atoms with E-state index in [0.29, 0.717) is 4.34 Å². The number of amides is 1. The average Bonchev–Trinajstić information content (AvgIpc) is 3.11. The van der Waals surface area contributed by atoms with Gasteiger partial charge in [0.15, 0.2) is 9.35 Å². The smallest absolute Gasteiger partial charge is 0.250 e. The van der Waals surface area contributed by atoms with Crippen molar-refractivity contribution < 1.29 is 4.79 Å². The lowest BCUT2D eigenvalue weighted by atomic mass is 10.2. The summed E-state index contributed by atoms with van der Waals surface area (Å²) in [4.78, 5) is 16.1. The largest absolute Gasteiger partial charge is 0.272 e. The summed E-state index contributed by atoms with van der Waals surface area (Å²) in [5.41, 5.74) is 4.16. The van der Waals surface area contributed by atoms with Crippen molar-refractivity contribution in [3.05, 3.63) is 58.7 Å². The fraction of sp³-hybridized carbons (Fsp3) is 0.0625. The second-order valence-electron chi connectivity index (χ2n) is 4.69. The van der Waals surface area contributed by atoms with Gasteiger partial charge < -0.3 is 0 Å². The Kier molecular flexibility index (Phi) is 6.26. The van der Waals surface area contributed by atoms with Gasteiger partial charge in [0.2, 0.25) is 0 Å². The van der Waals surface area contributed by atoms with E-state index in [2.05, 4.69) is 41.6 Å². The molecule has 1 aromatic carbocycles. The van der Waals surface area contributed by atoms with E-state index in [4.69, 9.17) is 0 Å². The number of thioether (sulfide) groups is 1. The Balaban J connectivity index is 1.50. The van der Waals surface area contributed by atoms with Crippen molar-refractivity contribution in [2.24, 2.45) is 5.10 Å². The number of pyridine rings is 1. The molecule has 126 valence electrons. The van der Waals surface area contributed by atoms with Crippen LogP contribution < -0.4 is 5.43 Å². The summed E-state index contributed by atoms with van der Waals surface area (Å²) in [5.74, 6) is 0.00679. The second-order valence-corrected chi connectivity index (χ2v) is 7.75. The molecule has 0 spiro atoms. The number of nitrogens with zero attached hydrogens (tertiary/aromatic N) is 4. The third-order valence-electron chi connectivity index (χ3n) is 2.92. The number of carbonyl (C=O) groups excluding carboxylic acids is 1. The van der Waals surface area contributed by atoms with E-state index in [0.717, 1.165) is 20.7 Å². The lowest BCUT2D eigenvalue weighted by Crippen LogP contribution is -2.19. The third-order valence-corrected chi connectivity index (χ3v) is 5.72. The molecule has 6 nitrogen and oxygen atoms in total. The first-order chi connectivity index (χ1) is 12.2. The Bertz CT molecular complexity index is 885. The molecule has 0 radical (unpaired) electrons. The minimum atomic E-state index is -0.206. The van der Waals surface area contributed by atoms with Crippen LogP contribution in [0.4, 0.5) is 0 Å². The van der Waals surface area contributed by atoms with E-state index in [1.165, 1.54) is 23.1 Å².